The molecule has 0 aromatic heterocycles. The van der Waals surface area contributed by atoms with Crippen molar-refractivity contribution < 1.29 is 38.9 Å². The van der Waals surface area contributed by atoms with Gasteiger partial charge in [0.05, 0.1) is 0 Å². The van der Waals surface area contributed by atoms with Gasteiger partial charge in [-0.2, -0.15) is 0 Å². The van der Waals surface area contributed by atoms with Crippen LogP contribution in [0.3, 0.4) is 0 Å². The summed E-state index contributed by atoms with van der Waals surface area (Å²) in [6.45, 7) is 6.80. The van der Waals surface area contributed by atoms with E-state index in [1.807, 2.05) is 0 Å². The van der Waals surface area contributed by atoms with Crippen molar-refractivity contribution in [2.75, 3.05) is 19.9 Å². The number of amides is 1. The van der Waals surface area contributed by atoms with Crippen LogP contribution in [-0.2, 0) is 23.9 Å². The molecule has 0 spiro atoms. The number of carbonyl (C=O) groups is 3. The number of nitrogens with one attached hydrogen (secondary N) is 1. The van der Waals surface area contributed by atoms with Crippen molar-refractivity contribution in [1.29, 1.82) is 0 Å². The van der Waals surface area contributed by atoms with E-state index >= 15 is 0 Å². The minimum atomic E-state index is -0.912. The zero-order valence-electron chi connectivity index (χ0n) is 18.5. The van der Waals surface area contributed by atoms with E-state index in [1.54, 1.807) is 0 Å². The molecule has 1 rings (SSSR count). The Hall–Kier alpha value is -3.37. The van der Waals surface area contributed by atoms with Gasteiger partial charge in [0.1, 0.15) is 6.61 Å². The van der Waals surface area contributed by atoms with Crippen LogP contribution >= 0.6 is 0 Å². The van der Waals surface area contributed by atoms with Crippen LogP contribution in [0.25, 0.3) is 0 Å². The highest BCUT2D eigenvalue weighted by Crippen LogP contribution is 2.38. The molecule has 0 bridgehead atoms. The molecule has 2 N–H and O–H groups in total. The lowest BCUT2D eigenvalue weighted by atomic mass is 9.72. The molecule has 1 amide bonds. The van der Waals surface area contributed by atoms with Gasteiger partial charge < -0.3 is 24.7 Å². The average Bonchev–Trinajstić information content (AvgIpc) is 2.77. The van der Waals surface area contributed by atoms with Gasteiger partial charge in [0.25, 0.3) is 11.6 Å². The lowest BCUT2D eigenvalue weighted by molar-refractivity contribution is -0.755. The topological polar surface area (TPSA) is 154 Å². The largest absolute Gasteiger partial charge is 0.483 e. The van der Waals surface area contributed by atoms with Crippen LogP contribution in [0.5, 0.6) is 0 Å². The summed E-state index contributed by atoms with van der Waals surface area (Å²) in [5, 5.41) is 18.8. The predicted molar refractivity (Wildman–Crippen MR) is 115 cm³/mol. The second-order valence-corrected chi connectivity index (χ2v) is 7.22. The van der Waals surface area contributed by atoms with Gasteiger partial charge in [0.15, 0.2) is 0 Å². The lowest BCUT2D eigenvalue weighted by Gasteiger charge is -2.36. The summed E-state index contributed by atoms with van der Waals surface area (Å²) in [5.41, 5.74) is 0.760. The molecule has 1 aliphatic carbocycles. The summed E-state index contributed by atoms with van der Waals surface area (Å²) in [5.74, 6) is -0.646. The van der Waals surface area contributed by atoms with Crippen molar-refractivity contribution in [3.8, 4) is 0 Å². The number of carboxylic acid groups (broad SMARTS) is 1. The number of nitrogens with zero attached hydrogens (tertiary/aromatic N) is 1. The Bertz CT molecular complexity index is 695. The number of carbonyl (C=O) groups excluding carboxylic acids is 2. The molecule has 0 unspecified atom stereocenters. The van der Waals surface area contributed by atoms with Gasteiger partial charge in [-0.05, 0) is 37.2 Å². The van der Waals surface area contributed by atoms with Gasteiger partial charge in [-0.25, -0.2) is 9.59 Å². The van der Waals surface area contributed by atoms with Gasteiger partial charge in [-0.1, -0.05) is 51.0 Å². The van der Waals surface area contributed by atoms with Crippen molar-refractivity contribution in [1.82, 2.24) is 5.32 Å². The highest BCUT2D eigenvalue weighted by Gasteiger charge is 2.30. The fourth-order valence-corrected chi connectivity index (χ4v) is 3.10. The molecule has 0 aromatic rings. The zero-order chi connectivity index (χ0) is 24.4. The summed E-state index contributed by atoms with van der Waals surface area (Å²) < 4.78 is 9.80. The first-order valence-corrected chi connectivity index (χ1v) is 10.2. The smallest absolute Gasteiger partial charge is 0.410 e. The fourth-order valence-electron chi connectivity index (χ4n) is 3.10. The molecule has 11 nitrogen and oxygen atoms in total. The molecule has 0 aromatic carbocycles. The number of alkyl carbamates (subject to hydrolysis) is 1. The maximum Gasteiger partial charge on any atom is 0.410 e. The molecule has 11 heteroatoms. The Morgan fingerprint density at radius 1 is 1.25 bits per heavy atom. The molecule has 0 radical (unpaired) electrons. The van der Waals surface area contributed by atoms with Gasteiger partial charge in [-0.15, -0.1) is 10.1 Å². The Morgan fingerprint density at radius 3 is 2.44 bits per heavy atom. The number of allylic oxidation sites excluding steroid dienone is 2. The van der Waals surface area contributed by atoms with E-state index in [-0.39, 0.29) is 24.1 Å². The van der Waals surface area contributed by atoms with E-state index in [9.17, 15) is 19.7 Å². The third-order valence-corrected chi connectivity index (χ3v) is 5.01. The van der Waals surface area contributed by atoms with Gasteiger partial charge in [0.2, 0.25) is 6.79 Å². The minimum Gasteiger partial charge on any atom is -0.483 e. The zero-order valence-corrected chi connectivity index (χ0v) is 18.5. The fraction of sp³-hybridized carbons (Fsp3) is 0.571. The summed E-state index contributed by atoms with van der Waals surface area (Å²) in [6.07, 6.45) is 10.6. The molecular formula is C21H32N2O9. The van der Waals surface area contributed by atoms with Crippen molar-refractivity contribution in [3.63, 3.8) is 0 Å². The molecule has 0 saturated heterocycles. The van der Waals surface area contributed by atoms with Gasteiger partial charge in [-0.3, -0.25) is 4.79 Å². The summed E-state index contributed by atoms with van der Waals surface area (Å²) in [6, 6.07) is 0. The number of rotatable bonds is 11. The monoisotopic (exact) mass is 456 g/mol. The van der Waals surface area contributed by atoms with E-state index in [4.69, 9.17) is 19.4 Å². The Morgan fingerprint density at radius 2 is 1.88 bits per heavy atom. The molecular weight excluding hydrogens is 424 g/mol. The molecule has 1 aliphatic rings. The average molecular weight is 456 g/mol. The maximum atomic E-state index is 11.8. The standard InChI is InChI=1S/C20H30N2O7.CH2O2/c1-4-20(11-6-5-7-12-20)14-21-19(24)28-15-27-18(23)17(3)10-8-9-16(2)13-29-22(25)26;2-1-3/h8-10H,2,4-7,11-15H2,1,3H3,(H,21,24);1H,(H,2,3)/b9-8-,17-10+;. The van der Waals surface area contributed by atoms with E-state index in [0.717, 1.165) is 19.3 Å². The SMILES string of the molecule is C=C(/C=C\C=C(/C)C(=O)OCOC(=O)NCC1(CC)CCCCC1)CO[N+](=O)[O-].O=CO. The second-order valence-electron chi connectivity index (χ2n) is 7.22. The van der Waals surface area contributed by atoms with Gasteiger partial charge in [0, 0.05) is 12.1 Å². The van der Waals surface area contributed by atoms with Crippen molar-refractivity contribution in [2.45, 2.75) is 52.4 Å². The van der Waals surface area contributed by atoms with E-state index in [0.29, 0.717) is 12.1 Å². The third kappa shape index (κ3) is 13.0. The quantitative estimate of drug-likeness (QED) is 0.0903. The highest BCUT2D eigenvalue weighted by atomic mass is 16.9. The van der Waals surface area contributed by atoms with Crippen molar-refractivity contribution in [2.24, 2.45) is 5.41 Å². The first kappa shape index (κ1) is 28.6. The van der Waals surface area contributed by atoms with Crippen molar-refractivity contribution in [3.05, 3.63) is 46.1 Å². The summed E-state index contributed by atoms with van der Waals surface area (Å²) in [4.78, 5) is 46.3. The van der Waals surface area contributed by atoms with E-state index < -0.39 is 23.9 Å². The predicted octanol–water partition coefficient (Wildman–Crippen LogP) is 3.54. The number of hydrogen-bond acceptors (Lipinski definition) is 8. The summed E-state index contributed by atoms with van der Waals surface area (Å²) >= 11 is 0. The minimum absolute atomic E-state index is 0.133. The van der Waals surface area contributed by atoms with Crippen LogP contribution in [0, 0.1) is 15.5 Å². The highest BCUT2D eigenvalue weighted by molar-refractivity contribution is 5.88. The molecule has 1 fully saturated rings. The molecule has 0 atom stereocenters. The second kappa shape index (κ2) is 16.3. The lowest BCUT2D eigenvalue weighted by Crippen LogP contribution is -2.39. The number of hydrogen-bond donors (Lipinski definition) is 2. The van der Waals surface area contributed by atoms with E-state index in [2.05, 4.69) is 23.7 Å². The molecule has 180 valence electrons. The summed E-state index contributed by atoms with van der Waals surface area (Å²) in [7, 11) is 0. The van der Waals surface area contributed by atoms with Crippen LogP contribution in [0.15, 0.2) is 36.0 Å². The van der Waals surface area contributed by atoms with Crippen LogP contribution in [0.1, 0.15) is 52.4 Å². The first-order valence-electron chi connectivity index (χ1n) is 10.2. The Labute approximate surface area is 187 Å². The normalized spacial score (nSPS) is 15.0. The molecule has 32 heavy (non-hydrogen) atoms. The third-order valence-electron chi connectivity index (χ3n) is 5.01. The van der Waals surface area contributed by atoms with Gasteiger partial charge >= 0.3 is 12.1 Å². The van der Waals surface area contributed by atoms with Crippen LogP contribution in [0.2, 0.25) is 0 Å². The maximum absolute atomic E-state index is 11.8. The molecule has 0 heterocycles. The number of ether oxygens (including phenoxy) is 2. The van der Waals surface area contributed by atoms with Crippen LogP contribution in [-0.4, -0.2) is 48.7 Å². The molecule has 1 saturated carbocycles. The number of esters is 1. The van der Waals surface area contributed by atoms with Crippen LogP contribution in [0.4, 0.5) is 4.79 Å². The first-order chi connectivity index (χ1) is 15.2. The van der Waals surface area contributed by atoms with Crippen molar-refractivity contribution >= 4 is 18.5 Å². The molecule has 0 aliphatic heterocycles. The van der Waals surface area contributed by atoms with E-state index in [1.165, 1.54) is 44.4 Å². The Balaban J connectivity index is 0.00000302. The Kier molecular flexibility index (Phi) is 14.6. The van der Waals surface area contributed by atoms with Crippen LogP contribution < -0.4 is 5.32 Å².